The molecule has 2 fully saturated rings. The van der Waals surface area contributed by atoms with Crippen molar-refractivity contribution in [1.29, 1.82) is 0 Å². The fraction of sp³-hybridized carbons (Fsp3) is 0.429. The van der Waals surface area contributed by atoms with Gasteiger partial charge in [0.15, 0.2) is 10.9 Å². The van der Waals surface area contributed by atoms with Gasteiger partial charge in [-0.2, -0.15) is 0 Å². The van der Waals surface area contributed by atoms with Crippen molar-refractivity contribution in [3.63, 3.8) is 0 Å². The summed E-state index contributed by atoms with van der Waals surface area (Å²) in [5.41, 5.74) is 1.67. The molecule has 0 radical (unpaired) electrons. The summed E-state index contributed by atoms with van der Waals surface area (Å²) in [4.78, 5) is 44.1. The van der Waals surface area contributed by atoms with Crippen LogP contribution in [0.3, 0.4) is 0 Å². The van der Waals surface area contributed by atoms with E-state index in [1.807, 2.05) is 12.1 Å². The van der Waals surface area contributed by atoms with E-state index >= 15 is 0 Å². The molecule has 1 atom stereocenters. The third-order valence-electron chi connectivity index (χ3n) is 5.24. The molecule has 1 aromatic heterocycles. The van der Waals surface area contributed by atoms with Gasteiger partial charge in [0.05, 0.1) is 24.1 Å². The Morgan fingerprint density at radius 3 is 2.55 bits per heavy atom. The van der Waals surface area contributed by atoms with Gasteiger partial charge < -0.3 is 25.6 Å². The molecule has 0 unspecified atom stereocenters. The molecule has 164 valence electrons. The maximum atomic E-state index is 12.6. The number of morpholine rings is 1. The number of piperazine rings is 1. The van der Waals surface area contributed by atoms with E-state index in [0.717, 1.165) is 18.7 Å². The maximum Gasteiger partial charge on any atom is 0.254 e. The molecular weight excluding hydrogens is 418 g/mol. The van der Waals surface area contributed by atoms with Gasteiger partial charge in [-0.3, -0.25) is 14.4 Å². The van der Waals surface area contributed by atoms with Crippen LogP contribution in [0.2, 0.25) is 0 Å². The van der Waals surface area contributed by atoms with Gasteiger partial charge in [-0.1, -0.05) is 23.5 Å². The standard InChI is InChI=1S/C21H25N5O4S/c1-13(27)17-18(31-21(24-17)25-19(28)16-12-22-6-7-23-16)14-2-4-15(5-3-14)20(29)26-8-10-30-11-9-26/h2-5,16,22-23H,6-12H2,1H3,(H,24,25,28)/t16-/m0/s1. The Kier molecular flexibility index (Phi) is 6.71. The van der Waals surface area contributed by atoms with Crippen molar-refractivity contribution in [2.45, 2.75) is 13.0 Å². The van der Waals surface area contributed by atoms with Gasteiger partial charge >= 0.3 is 0 Å². The third-order valence-corrected chi connectivity index (χ3v) is 6.26. The van der Waals surface area contributed by atoms with Gasteiger partial charge in [0.25, 0.3) is 5.91 Å². The molecule has 9 nitrogen and oxygen atoms in total. The van der Waals surface area contributed by atoms with E-state index in [1.54, 1.807) is 17.0 Å². The van der Waals surface area contributed by atoms with Crippen molar-refractivity contribution in [2.24, 2.45) is 0 Å². The number of hydrogen-bond donors (Lipinski definition) is 3. The van der Waals surface area contributed by atoms with Crippen molar-refractivity contribution in [1.82, 2.24) is 20.5 Å². The highest BCUT2D eigenvalue weighted by Gasteiger charge is 2.24. The molecule has 2 aliphatic heterocycles. The number of aromatic nitrogens is 1. The van der Waals surface area contributed by atoms with Crippen LogP contribution >= 0.6 is 11.3 Å². The first-order valence-corrected chi connectivity index (χ1v) is 11.1. The number of nitrogens with zero attached hydrogens (tertiary/aromatic N) is 2. The molecule has 4 rings (SSSR count). The minimum absolute atomic E-state index is 0.0347. The normalized spacial score (nSPS) is 19.1. The average molecular weight is 444 g/mol. The summed E-state index contributed by atoms with van der Waals surface area (Å²) < 4.78 is 5.30. The van der Waals surface area contributed by atoms with Gasteiger partial charge in [0, 0.05) is 45.2 Å². The van der Waals surface area contributed by atoms with Gasteiger partial charge in [-0.15, -0.1) is 0 Å². The number of Topliss-reactive ketones (excluding diaryl/α,β-unsaturated/α-hetero) is 1. The SMILES string of the molecule is CC(=O)c1nc(NC(=O)[C@@H]2CNCCN2)sc1-c1ccc(C(=O)N2CCOCC2)cc1. The fourth-order valence-electron chi connectivity index (χ4n) is 3.55. The molecular formula is C21H25N5O4S. The number of ketones is 1. The van der Waals surface area contributed by atoms with Gasteiger partial charge in [0.1, 0.15) is 5.69 Å². The van der Waals surface area contributed by atoms with E-state index in [-0.39, 0.29) is 23.6 Å². The molecule has 31 heavy (non-hydrogen) atoms. The second-order valence-corrected chi connectivity index (χ2v) is 8.43. The van der Waals surface area contributed by atoms with E-state index in [0.29, 0.717) is 54.1 Å². The minimum atomic E-state index is -0.340. The number of benzene rings is 1. The predicted molar refractivity (Wildman–Crippen MR) is 118 cm³/mol. The van der Waals surface area contributed by atoms with E-state index in [4.69, 9.17) is 4.74 Å². The van der Waals surface area contributed by atoms with Crippen LogP contribution in [0.15, 0.2) is 24.3 Å². The molecule has 0 aliphatic carbocycles. The summed E-state index contributed by atoms with van der Waals surface area (Å²) >= 11 is 1.25. The highest BCUT2D eigenvalue weighted by molar-refractivity contribution is 7.19. The number of carbonyl (C=O) groups is 3. The Morgan fingerprint density at radius 2 is 1.90 bits per heavy atom. The van der Waals surface area contributed by atoms with Crippen molar-refractivity contribution >= 4 is 34.1 Å². The highest BCUT2D eigenvalue weighted by atomic mass is 32.1. The van der Waals surface area contributed by atoms with Crippen LogP contribution in [-0.4, -0.2) is 79.5 Å². The maximum absolute atomic E-state index is 12.6. The number of anilines is 1. The number of rotatable bonds is 5. The van der Waals surface area contributed by atoms with Crippen LogP contribution in [0, 0.1) is 0 Å². The van der Waals surface area contributed by atoms with Gasteiger partial charge in [-0.25, -0.2) is 4.98 Å². The summed E-state index contributed by atoms with van der Waals surface area (Å²) in [7, 11) is 0. The molecule has 2 aliphatic rings. The fourth-order valence-corrected chi connectivity index (χ4v) is 4.57. The first kappa shape index (κ1) is 21.6. The summed E-state index contributed by atoms with van der Waals surface area (Å²) in [5, 5.41) is 9.51. The summed E-state index contributed by atoms with van der Waals surface area (Å²) in [6.45, 7) is 5.80. The first-order valence-electron chi connectivity index (χ1n) is 10.3. The van der Waals surface area contributed by atoms with Crippen molar-refractivity contribution in [2.75, 3.05) is 51.3 Å². The Balaban J connectivity index is 1.52. The number of hydrogen-bond acceptors (Lipinski definition) is 8. The number of thiazole rings is 1. The van der Waals surface area contributed by atoms with Crippen LogP contribution in [0.1, 0.15) is 27.8 Å². The predicted octanol–water partition coefficient (Wildman–Crippen LogP) is 0.985. The monoisotopic (exact) mass is 443 g/mol. The minimum Gasteiger partial charge on any atom is -0.378 e. The van der Waals surface area contributed by atoms with Crippen LogP contribution in [0.25, 0.3) is 10.4 Å². The molecule has 0 spiro atoms. The smallest absolute Gasteiger partial charge is 0.254 e. The molecule has 3 heterocycles. The molecule has 0 saturated carbocycles. The van der Waals surface area contributed by atoms with Crippen LogP contribution < -0.4 is 16.0 Å². The summed E-state index contributed by atoms with van der Waals surface area (Å²) in [6, 6.07) is 6.80. The second-order valence-electron chi connectivity index (χ2n) is 7.43. The number of ether oxygens (including phenoxy) is 1. The quantitative estimate of drug-likeness (QED) is 0.591. The first-order chi connectivity index (χ1) is 15.0. The zero-order valence-corrected chi connectivity index (χ0v) is 18.1. The second kappa shape index (κ2) is 9.65. The molecule has 10 heteroatoms. The molecule has 2 amide bonds. The Labute approximate surface area is 184 Å². The van der Waals surface area contributed by atoms with E-state index in [2.05, 4.69) is 20.9 Å². The Bertz CT molecular complexity index is 963. The van der Waals surface area contributed by atoms with Crippen molar-refractivity contribution in [3.05, 3.63) is 35.5 Å². The summed E-state index contributed by atoms with van der Waals surface area (Å²) in [5.74, 6) is -0.403. The lowest BCUT2D eigenvalue weighted by molar-refractivity contribution is -0.118. The van der Waals surface area contributed by atoms with E-state index < -0.39 is 0 Å². The van der Waals surface area contributed by atoms with Crippen molar-refractivity contribution in [3.8, 4) is 10.4 Å². The lowest BCUT2D eigenvalue weighted by Crippen LogP contribution is -2.54. The number of carbonyl (C=O) groups excluding carboxylic acids is 3. The third kappa shape index (κ3) is 4.99. The Hall–Kier alpha value is -2.66. The Morgan fingerprint density at radius 1 is 1.16 bits per heavy atom. The zero-order chi connectivity index (χ0) is 21.8. The van der Waals surface area contributed by atoms with Crippen LogP contribution in [0.4, 0.5) is 5.13 Å². The van der Waals surface area contributed by atoms with Crippen LogP contribution in [0.5, 0.6) is 0 Å². The number of nitrogens with one attached hydrogen (secondary N) is 3. The van der Waals surface area contributed by atoms with Gasteiger partial charge in [-0.05, 0) is 17.7 Å². The largest absolute Gasteiger partial charge is 0.378 e. The van der Waals surface area contributed by atoms with Crippen molar-refractivity contribution < 1.29 is 19.1 Å². The number of amides is 2. The van der Waals surface area contributed by atoms with E-state index in [1.165, 1.54) is 18.3 Å². The van der Waals surface area contributed by atoms with E-state index in [9.17, 15) is 14.4 Å². The van der Waals surface area contributed by atoms with Gasteiger partial charge in [0.2, 0.25) is 5.91 Å². The lowest BCUT2D eigenvalue weighted by Gasteiger charge is -2.26. The molecule has 0 bridgehead atoms. The zero-order valence-electron chi connectivity index (χ0n) is 17.3. The molecule has 3 N–H and O–H groups in total. The van der Waals surface area contributed by atoms with Crippen LogP contribution in [-0.2, 0) is 9.53 Å². The highest BCUT2D eigenvalue weighted by Crippen LogP contribution is 2.34. The molecule has 2 aromatic rings. The summed E-state index contributed by atoms with van der Waals surface area (Å²) in [6.07, 6.45) is 0. The average Bonchev–Trinajstić information content (AvgIpc) is 3.24. The molecule has 1 aromatic carbocycles. The lowest BCUT2D eigenvalue weighted by atomic mass is 10.1. The topological polar surface area (TPSA) is 113 Å². The molecule has 2 saturated heterocycles.